The van der Waals surface area contributed by atoms with Gasteiger partial charge in [0.15, 0.2) is 0 Å². The minimum Gasteiger partial charge on any atom is -0.298 e. The number of benzene rings is 1. The van der Waals surface area contributed by atoms with Crippen molar-refractivity contribution < 1.29 is 4.79 Å². The van der Waals surface area contributed by atoms with Crippen molar-refractivity contribution in [2.75, 3.05) is 0 Å². The Morgan fingerprint density at radius 1 is 1.36 bits per heavy atom. The summed E-state index contributed by atoms with van der Waals surface area (Å²) in [5.41, 5.74) is 4.61. The first-order chi connectivity index (χ1) is 6.74. The van der Waals surface area contributed by atoms with Crippen LogP contribution in [0.4, 0.5) is 0 Å². The van der Waals surface area contributed by atoms with E-state index in [1.165, 1.54) is 11.1 Å². The van der Waals surface area contributed by atoms with E-state index < -0.39 is 0 Å². The zero-order chi connectivity index (χ0) is 10.1. The fourth-order valence-corrected chi connectivity index (χ4v) is 2.50. The fourth-order valence-electron chi connectivity index (χ4n) is 1.93. The van der Waals surface area contributed by atoms with E-state index in [1.807, 2.05) is 13.0 Å². The van der Waals surface area contributed by atoms with Gasteiger partial charge in [-0.2, -0.15) is 0 Å². The van der Waals surface area contributed by atoms with Crippen molar-refractivity contribution in [3.63, 3.8) is 0 Å². The third-order valence-electron chi connectivity index (χ3n) is 2.79. The molecule has 1 aliphatic carbocycles. The molecule has 0 radical (unpaired) electrons. The molecule has 2 rings (SSSR count). The van der Waals surface area contributed by atoms with Gasteiger partial charge in [-0.3, -0.25) is 4.79 Å². The van der Waals surface area contributed by atoms with Gasteiger partial charge in [0.05, 0.1) is 0 Å². The molecule has 2 heteroatoms. The highest BCUT2D eigenvalue weighted by Gasteiger charge is 2.16. The second-order valence-corrected chi connectivity index (χ2v) is 4.39. The first-order valence-corrected chi connectivity index (χ1v) is 5.46. The third kappa shape index (κ3) is 1.44. The standard InChI is InChI=1S/C12H11BrO/c1-8-9(7-14)5-6-11-10(8)3-2-4-12(11)13/h2-4,7H,5-6H2,1H3. The average molecular weight is 251 g/mol. The van der Waals surface area contributed by atoms with Gasteiger partial charge in [0.25, 0.3) is 0 Å². The molecular weight excluding hydrogens is 240 g/mol. The maximum Gasteiger partial charge on any atom is 0.146 e. The molecule has 0 amide bonds. The van der Waals surface area contributed by atoms with Crippen LogP contribution in [-0.2, 0) is 11.2 Å². The van der Waals surface area contributed by atoms with E-state index in [9.17, 15) is 4.79 Å². The van der Waals surface area contributed by atoms with Gasteiger partial charge in [-0.05, 0) is 48.1 Å². The minimum absolute atomic E-state index is 0.866. The Balaban J connectivity index is 2.63. The molecule has 0 saturated heterocycles. The molecular formula is C12H11BrO. The van der Waals surface area contributed by atoms with Gasteiger partial charge in [-0.25, -0.2) is 0 Å². The van der Waals surface area contributed by atoms with E-state index in [0.717, 1.165) is 34.7 Å². The Kier molecular flexibility index (Phi) is 2.55. The Bertz CT molecular complexity index is 418. The molecule has 1 aromatic carbocycles. The number of hydrogen-bond acceptors (Lipinski definition) is 1. The maximum atomic E-state index is 10.8. The highest BCUT2D eigenvalue weighted by Crippen LogP contribution is 2.34. The molecule has 0 spiro atoms. The van der Waals surface area contributed by atoms with Crippen molar-refractivity contribution in [2.45, 2.75) is 19.8 Å². The molecule has 0 atom stereocenters. The van der Waals surface area contributed by atoms with Gasteiger partial charge >= 0.3 is 0 Å². The van der Waals surface area contributed by atoms with Crippen LogP contribution in [0.1, 0.15) is 24.5 Å². The zero-order valence-electron chi connectivity index (χ0n) is 8.01. The average Bonchev–Trinajstić information content (AvgIpc) is 2.20. The largest absolute Gasteiger partial charge is 0.298 e. The summed E-state index contributed by atoms with van der Waals surface area (Å²) in [6.07, 6.45) is 2.81. The number of allylic oxidation sites excluding steroid dienone is 2. The fraction of sp³-hybridized carbons (Fsp3) is 0.250. The number of carbonyl (C=O) groups is 1. The number of halogens is 1. The number of fused-ring (bicyclic) bond motifs is 1. The molecule has 0 heterocycles. The Morgan fingerprint density at radius 3 is 2.86 bits per heavy atom. The molecule has 0 unspecified atom stereocenters. The van der Waals surface area contributed by atoms with Crippen LogP contribution in [0, 0.1) is 0 Å². The van der Waals surface area contributed by atoms with Crippen molar-refractivity contribution in [2.24, 2.45) is 0 Å². The monoisotopic (exact) mass is 250 g/mol. The molecule has 0 bridgehead atoms. The van der Waals surface area contributed by atoms with Crippen LogP contribution in [0.25, 0.3) is 5.57 Å². The van der Waals surface area contributed by atoms with E-state index in [0.29, 0.717) is 0 Å². The highest BCUT2D eigenvalue weighted by molar-refractivity contribution is 9.10. The van der Waals surface area contributed by atoms with Gasteiger partial charge in [0, 0.05) is 4.47 Å². The van der Waals surface area contributed by atoms with Crippen LogP contribution in [-0.4, -0.2) is 6.29 Å². The molecule has 0 aromatic heterocycles. The number of carbonyl (C=O) groups excluding carboxylic acids is 1. The Hall–Kier alpha value is -0.890. The summed E-state index contributed by atoms with van der Waals surface area (Å²) in [6.45, 7) is 2.02. The SMILES string of the molecule is CC1=C(C=O)CCc2c(Br)cccc21. The first kappa shape index (κ1) is 9.66. The van der Waals surface area contributed by atoms with Crippen molar-refractivity contribution in [3.8, 4) is 0 Å². The number of aldehydes is 1. The summed E-state index contributed by atoms with van der Waals surface area (Å²) in [4.78, 5) is 10.8. The molecule has 1 aliphatic rings. The van der Waals surface area contributed by atoms with Crippen molar-refractivity contribution in [1.29, 1.82) is 0 Å². The van der Waals surface area contributed by atoms with Crippen LogP contribution in [0.15, 0.2) is 28.2 Å². The minimum atomic E-state index is 0.866. The summed E-state index contributed by atoms with van der Waals surface area (Å²) in [6, 6.07) is 6.15. The quantitative estimate of drug-likeness (QED) is 0.699. The van der Waals surface area contributed by atoms with Crippen molar-refractivity contribution >= 4 is 27.8 Å². The molecule has 0 N–H and O–H groups in total. The second-order valence-electron chi connectivity index (χ2n) is 3.53. The van der Waals surface area contributed by atoms with Crippen LogP contribution in [0.5, 0.6) is 0 Å². The van der Waals surface area contributed by atoms with Gasteiger partial charge in [-0.1, -0.05) is 28.1 Å². The molecule has 0 fully saturated rings. The van der Waals surface area contributed by atoms with E-state index in [2.05, 4.69) is 28.1 Å². The molecule has 1 nitrogen and oxygen atoms in total. The van der Waals surface area contributed by atoms with Crippen LogP contribution in [0.3, 0.4) is 0 Å². The first-order valence-electron chi connectivity index (χ1n) is 4.66. The van der Waals surface area contributed by atoms with Crippen molar-refractivity contribution in [1.82, 2.24) is 0 Å². The topological polar surface area (TPSA) is 17.1 Å². The van der Waals surface area contributed by atoms with Crippen LogP contribution in [0.2, 0.25) is 0 Å². The van der Waals surface area contributed by atoms with Crippen molar-refractivity contribution in [3.05, 3.63) is 39.4 Å². The lowest BCUT2D eigenvalue weighted by molar-refractivity contribution is -0.105. The Labute approximate surface area is 92.0 Å². The van der Waals surface area contributed by atoms with E-state index in [-0.39, 0.29) is 0 Å². The normalized spacial score (nSPS) is 15.3. The summed E-state index contributed by atoms with van der Waals surface area (Å²) in [7, 11) is 0. The van der Waals surface area contributed by atoms with E-state index in [4.69, 9.17) is 0 Å². The van der Waals surface area contributed by atoms with Gasteiger partial charge in [0.1, 0.15) is 6.29 Å². The zero-order valence-corrected chi connectivity index (χ0v) is 9.60. The summed E-state index contributed by atoms with van der Waals surface area (Å²) in [5, 5.41) is 0. The molecule has 0 saturated carbocycles. The molecule has 14 heavy (non-hydrogen) atoms. The summed E-state index contributed by atoms with van der Waals surface area (Å²) < 4.78 is 1.15. The summed E-state index contributed by atoms with van der Waals surface area (Å²) in [5.74, 6) is 0. The van der Waals surface area contributed by atoms with E-state index >= 15 is 0 Å². The molecule has 72 valence electrons. The second kappa shape index (κ2) is 3.70. The lowest BCUT2D eigenvalue weighted by Gasteiger charge is -2.19. The highest BCUT2D eigenvalue weighted by atomic mass is 79.9. The predicted octanol–water partition coefficient (Wildman–Crippen LogP) is 3.37. The third-order valence-corrected chi connectivity index (χ3v) is 3.53. The predicted molar refractivity (Wildman–Crippen MR) is 61.1 cm³/mol. The lowest BCUT2D eigenvalue weighted by atomic mass is 9.87. The lowest BCUT2D eigenvalue weighted by Crippen LogP contribution is -2.04. The number of rotatable bonds is 1. The summed E-state index contributed by atoms with van der Waals surface area (Å²) >= 11 is 3.54. The van der Waals surface area contributed by atoms with Crippen LogP contribution >= 0.6 is 15.9 Å². The molecule has 0 aliphatic heterocycles. The molecule has 1 aromatic rings. The Morgan fingerprint density at radius 2 is 2.14 bits per heavy atom. The van der Waals surface area contributed by atoms with Gasteiger partial charge < -0.3 is 0 Å². The number of hydrogen-bond donors (Lipinski definition) is 0. The van der Waals surface area contributed by atoms with E-state index in [1.54, 1.807) is 0 Å². The van der Waals surface area contributed by atoms with Crippen LogP contribution < -0.4 is 0 Å². The smallest absolute Gasteiger partial charge is 0.146 e. The van der Waals surface area contributed by atoms with Gasteiger partial charge in [0.2, 0.25) is 0 Å². The maximum absolute atomic E-state index is 10.8. The van der Waals surface area contributed by atoms with Gasteiger partial charge in [-0.15, -0.1) is 0 Å².